The molecular formula is C22H38F2O. The molecule has 2 aliphatic rings. The molecule has 2 aliphatic carbocycles. The average molecular weight is 357 g/mol. The van der Waals surface area contributed by atoms with Gasteiger partial charge in [0.25, 0.3) is 6.08 Å². The number of unbranched alkanes of at least 4 members (excludes halogenated alkanes) is 2. The molecule has 0 aliphatic heterocycles. The number of allylic oxidation sites excluding steroid dienone is 1. The van der Waals surface area contributed by atoms with Crippen LogP contribution >= 0.6 is 0 Å². The molecule has 0 aromatic heterocycles. The van der Waals surface area contributed by atoms with Gasteiger partial charge in [0.1, 0.15) is 0 Å². The number of hydrogen-bond donors (Lipinski definition) is 1. The highest BCUT2D eigenvalue weighted by molar-refractivity contribution is 4.86. The first-order valence-electron chi connectivity index (χ1n) is 10.8. The zero-order valence-electron chi connectivity index (χ0n) is 16.1. The number of aliphatic hydroxyl groups is 1. The first kappa shape index (κ1) is 20.9. The Bertz CT molecular complexity index is 375. The van der Waals surface area contributed by atoms with Crippen molar-refractivity contribution in [3.05, 3.63) is 12.2 Å². The van der Waals surface area contributed by atoms with E-state index in [1.54, 1.807) is 0 Å². The first-order chi connectivity index (χ1) is 12.1. The molecule has 2 rings (SSSR count). The van der Waals surface area contributed by atoms with E-state index in [0.29, 0.717) is 18.8 Å². The summed E-state index contributed by atoms with van der Waals surface area (Å²) < 4.78 is 24.2. The molecular weight excluding hydrogens is 318 g/mol. The summed E-state index contributed by atoms with van der Waals surface area (Å²) in [5.74, 6) is 3.06. The highest BCUT2D eigenvalue weighted by Gasteiger charge is 2.32. The molecule has 0 amide bonds. The minimum atomic E-state index is -1.62. The van der Waals surface area contributed by atoms with E-state index in [1.165, 1.54) is 64.2 Å². The van der Waals surface area contributed by atoms with Crippen molar-refractivity contribution >= 4 is 0 Å². The molecule has 0 radical (unpaired) electrons. The summed E-state index contributed by atoms with van der Waals surface area (Å²) in [7, 11) is 0. The summed E-state index contributed by atoms with van der Waals surface area (Å²) in [6, 6.07) is 0. The van der Waals surface area contributed by atoms with Crippen LogP contribution in [0.1, 0.15) is 96.8 Å². The molecule has 3 heteroatoms. The summed E-state index contributed by atoms with van der Waals surface area (Å²) in [4.78, 5) is 0. The predicted octanol–water partition coefficient (Wildman–Crippen LogP) is 7.10. The fourth-order valence-electron chi connectivity index (χ4n) is 5.23. The molecule has 2 saturated carbocycles. The van der Waals surface area contributed by atoms with E-state index in [4.69, 9.17) is 0 Å². The SMILES string of the molecule is CCCCCC1CCC(C2CCC(C(O)CCC=C(F)F)CC2)CC1. The molecule has 146 valence electrons. The zero-order valence-corrected chi connectivity index (χ0v) is 16.1. The average Bonchev–Trinajstić information content (AvgIpc) is 2.62. The van der Waals surface area contributed by atoms with Gasteiger partial charge in [-0.05, 0) is 81.1 Å². The lowest BCUT2D eigenvalue weighted by atomic mass is 9.68. The third-order valence-electron chi connectivity index (χ3n) is 6.90. The molecule has 1 nitrogen and oxygen atoms in total. The fraction of sp³-hybridized carbons (Fsp3) is 0.909. The molecule has 0 saturated heterocycles. The molecule has 1 unspecified atom stereocenters. The quantitative estimate of drug-likeness (QED) is 0.437. The molecule has 1 atom stereocenters. The number of rotatable bonds is 9. The maximum atomic E-state index is 12.1. The Balaban J connectivity index is 1.63. The van der Waals surface area contributed by atoms with Gasteiger partial charge in [0.05, 0.1) is 6.10 Å². The molecule has 0 aromatic rings. The van der Waals surface area contributed by atoms with Gasteiger partial charge < -0.3 is 5.11 Å². The maximum Gasteiger partial charge on any atom is 0.266 e. The van der Waals surface area contributed by atoms with E-state index >= 15 is 0 Å². The summed E-state index contributed by atoms with van der Waals surface area (Å²) in [5.41, 5.74) is 0. The highest BCUT2D eigenvalue weighted by Crippen LogP contribution is 2.43. The second-order valence-electron chi connectivity index (χ2n) is 8.59. The highest BCUT2D eigenvalue weighted by atomic mass is 19.3. The Morgan fingerprint density at radius 3 is 2.12 bits per heavy atom. The minimum absolute atomic E-state index is 0.297. The van der Waals surface area contributed by atoms with Gasteiger partial charge in [0, 0.05) is 0 Å². The van der Waals surface area contributed by atoms with Crippen molar-refractivity contribution in [2.75, 3.05) is 0 Å². The summed E-state index contributed by atoms with van der Waals surface area (Å²) in [6.07, 6.45) is 15.6. The Hall–Kier alpha value is -0.440. The summed E-state index contributed by atoms with van der Waals surface area (Å²) in [6.45, 7) is 2.28. The summed E-state index contributed by atoms with van der Waals surface area (Å²) >= 11 is 0. The van der Waals surface area contributed by atoms with Crippen LogP contribution in [-0.4, -0.2) is 11.2 Å². The molecule has 0 spiro atoms. The van der Waals surface area contributed by atoms with E-state index in [0.717, 1.165) is 36.7 Å². The van der Waals surface area contributed by atoms with Crippen LogP contribution < -0.4 is 0 Å². The van der Waals surface area contributed by atoms with Crippen molar-refractivity contribution in [1.29, 1.82) is 0 Å². The van der Waals surface area contributed by atoms with Crippen LogP contribution in [0.5, 0.6) is 0 Å². The van der Waals surface area contributed by atoms with Crippen molar-refractivity contribution in [1.82, 2.24) is 0 Å². The molecule has 0 aromatic carbocycles. The van der Waals surface area contributed by atoms with Gasteiger partial charge in [-0.2, -0.15) is 8.78 Å². The first-order valence-corrected chi connectivity index (χ1v) is 10.8. The third kappa shape index (κ3) is 7.37. The van der Waals surface area contributed by atoms with Crippen molar-refractivity contribution < 1.29 is 13.9 Å². The van der Waals surface area contributed by atoms with Crippen molar-refractivity contribution in [3.8, 4) is 0 Å². The lowest BCUT2D eigenvalue weighted by Gasteiger charge is -2.39. The molecule has 0 bridgehead atoms. The Labute approximate surface area is 153 Å². The third-order valence-corrected chi connectivity index (χ3v) is 6.90. The van der Waals surface area contributed by atoms with Crippen LogP contribution in [0.4, 0.5) is 8.78 Å². The predicted molar refractivity (Wildman–Crippen MR) is 101 cm³/mol. The number of aliphatic hydroxyl groups excluding tert-OH is 1. The maximum absolute atomic E-state index is 12.1. The van der Waals surface area contributed by atoms with Crippen LogP contribution in [0.3, 0.4) is 0 Å². The molecule has 2 fully saturated rings. The lowest BCUT2D eigenvalue weighted by molar-refractivity contribution is 0.0519. The number of hydrogen-bond acceptors (Lipinski definition) is 1. The van der Waals surface area contributed by atoms with Crippen LogP contribution in [0, 0.1) is 23.7 Å². The monoisotopic (exact) mass is 356 g/mol. The Morgan fingerprint density at radius 1 is 0.960 bits per heavy atom. The second-order valence-corrected chi connectivity index (χ2v) is 8.59. The van der Waals surface area contributed by atoms with Gasteiger partial charge in [-0.15, -0.1) is 0 Å². The minimum Gasteiger partial charge on any atom is -0.393 e. The topological polar surface area (TPSA) is 20.2 Å². The van der Waals surface area contributed by atoms with Gasteiger partial charge >= 0.3 is 0 Å². The van der Waals surface area contributed by atoms with Gasteiger partial charge in [-0.3, -0.25) is 0 Å². The smallest absolute Gasteiger partial charge is 0.266 e. The fourth-order valence-corrected chi connectivity index (χ4v) is 5.23. The standard InChI is InChI=1S/C22H38F2O/c1-2-3-4-6-17-9-11-18(12-10-17)19-13-15-20(16-14-19)21(25)7-5-8-22(23)24/h8,17-21,25H,2-7,9-16H2,1H3. The Kier molecular flexibility index (Phi) is 9.44. The van der Waals surface area contributed by atoms with Gasteiger partial charge in [0.2, 0.25) is 0 Å². The van der Waals surface area contributed by atoms with Gasteiger partial charge in [-0.1, -0.05) is 45.4 Å². The van der Waals surface area contributed by atoms with E-state index in [1.807, 2.05) is 0 Å². The van der Waals surface area contributed by atoms with Crippen LogP contribution in [0.2, 0.25) is 0 Å². The summed E-state index contributed by atoms with van der Waals surface area (Å²) in [5, 5.41) is 10.2. The molecule has 1 N–H and O–H groups in total. The van der Waals surface area contributed by atoms with Crippen LogP contribution in [0.25, 0.3) is 0 Å². The number of halogens is 2. The van der Waals surface area contributed by atoms with Crippen LogP contribution in [-0.2, 0) is 0 Å². The lowest BCUT2D eigenvalue weighted by Crippen LogP contribution is -2.30. The van der Waals surface area contributed by atoms with E-state index < -0.39 is 12.2 Å². The van der Waals surface area contributed by atoms with E-state index in [9.17, 15) is 13.9 Å². The van der Waals surface area contributed by atoms with Crippen LogP contribution in [0.15, 0.2) is 12.2 Å². The van der Waals surface area contributed by atoms with Gasteiger partial charge in [0.15, 0.2) is 0 Å². The van der Waals surface area contributed by atoms with Crippen molar-refractivity contribution in [3.63, 3.8) is 0 Å². The van der Waals surface area contributed by atoms with E-state index in [-0.39, 0.29) is 0 Å². The zero-order chi connectivity index (χ0) is 18.1. The molecule has 25 heavy (non-hydrogen) atoms. The largest absolute Gasteiger partial charge is 0.393 e. The second kappa shape index (κ2) is 11.3. The van der Waals surface area contributed by atoms with Crippen molar-refractivity contribution in [2.45, 2.75) is 103 Å². The Morgan fingerprint density at radius 2 is 1.56 bits per heavy atom. The normalized spacial score (nSPS) is 31.5. The molecule has 0 heterocycles. The van der Waals surface area contributed by atoms with E-state index in [2.05, 4.69) is 6.92 Å². The van der Waals surface area contributed by atoms with Gasteiger partial charge in [-0.25, -0.2) is 0 Å². The van der Waals surface area contributed by atoms with Crippen molar-refractivity contribution in [2.24, 2.45) is 23.7 Å².